The number of carboxylic acids is 2. The average molecular weight is 287 g/mol. The van der Waals surface area contributed by atoms with Gasteiger partial charge in [-0.05, 0) is 29.3 Å². The van der Waals surface area contributed by atoms with Gasteiger partial charge in [-0.15, -0.1) is 0 Å². The first-order chi connectivity index (χ1) is 9.91. The second-order valence-corrected chi connectivity index (χ2v) is 4.14. The maximum absolute atomic E-state index is 11.3. The molecule has 0 heterocycles. The summed E-state index contributed by atoms with van der Waals surface area (Å²) in [5, 5.41) is 28.9. The molecule has 0 radical (unpaired) electrons. The van der Waals surface area contributed by atoms with E-state index in [0.717, 1.165) is 0 Å². The number of nitro groups is 1. The van der Waals surface area contributed by atoms with Gasteiger partial charge in [-0.25, -0.2) is 9.59 Å². The average Bonchev–Trinajstić information content (AvgIpc) is 2.46. The molecule has 0 fully saturated rings. The molecule has 0 spiro atoms. The van der Waals surface area contributed by atoms with Gasteiger partial charge in [0.2, 0.25) is 0 Å². The van der Waals surface area contributed by atoms with Gasteiger partial charge >= 0.3 is 11.9 Å². The molecule has 2 N–H and O–H groups in total. The van der Waals surface area contributed by atoms with E-state index in [1.54, 1.807) is 0 Å². The van der Waals surface area contributed by atoms with Crippen LogP contribution in [-0.4, -0.2) is 27.1 Å². The maximum Gasteiger partial charge on any atom is 0.337 e. The third-order valence-corrected chi connectivity index (χ3v) is 2.90. The highest BCUT2D eigenvalue weighted by molar-refractivity contribution is 6.06. The fourth-order valence-corrected chi connectivity index (χ4v) is 1.96. The Bertz CT molecular complexity index is 736. The first-order valence-electron chi connectivity index (χ1n) is 5.76. The molecule has 7 heteroatoms. The van der Waals surface area contributed by atoms with Crippen LogP contribution in [0.5, 0.6) is 0 Å². The van der Waals surface area contributed by atoms with Crippen molar-refractivity contribution >= 4 is 17.6 Å². The molecule has 21 heavy (non-hydrogen) atoms. The smallest absolute Gasteiger partial charge is 0.337 e. The summed E-state index contributed by atoms with van der Waals surface area (Å²) in [5.41, 5.74) is -0.236. The number of nitro benzene ring substituents is 1. The number of non-ortho nitro benzene ring substituents is 1. The predicted octanol–water partition coefficient (Wildman–Crippen LogP) is 2.66. The Morgan fingerprint density at radius 2 is 1.57 bits per heavy atom. The lowest BCUT2D eigenvalue weighted by atomic mass is 9.95. The summed E-state index contributed by atoms with van der Waals surface area (Å²) < 4.78 is 0. The molecule has 0 atom stereocenters. The van der Waals surface area contributed by atoms with Crippen LogP contribution in [0.3, 0.4) is 0 Å². The third kappa shape index (κ3) is 2.71. The Labute approximate surface area is 118 Å². The Kier molecular flexibility index (Phi) is 3.66. The monoisotopic (exact) mass is 287 g/mol. The van der Waals surface area contributed by atoms with Gasteiger partial charge in [0, 0.05) is 12.1 Å². The highest BCUT2D eigenvalue weighted by Crippen LogP contribution is 2.28. The summed E-state index contributed by atoms with van der Waals surface area (Å²) in [5.74, 6) is -2.72. The molecule has 0 bridgehead atoms. The summed E-state index contributed by atoms with van der Waals surface area (Å²) in [7, 11) is 0. The number of hydrogen-bond donors (Lipinski definition) is 2. The van der Waals surface area contributed by atoms with E-state index in [1.807, 2.05) is 0 Å². The number of carboxylic acid groups (broad SMARTS) is 2. The molecule has 0 saturated heterocycles. The fourth-order valence-electron chi connectivity index (χ4n) is 1.96. The van der Waals surface area contributed by atoms with E-state index in [1.165, 1.54) is 42.5 Å². The van der Waals surface area contributed by atoms with Crippen molar-refractivity contribution in [3.8, 4) is 11.1 Å². The highest BCUT2D eigenvalue weighted by atomic mass is 16.6. The van der Waals surface area contributed by atoms with Gasteiger partial charge < -0.3 is 10.2 Å². The van der Waals surface area contributed by atoms with E-state index < -0.39 is 16.9 Å². The summed E-state index contributed by atoms with van der Waals surface area (Å²) in [6, 6.07) is 9.30. The lowest BCUT2D eigenvalue weighted by molar-refractivity contribution is -0.384. The van der Waals surface area contributed by atoms with Crippen molar-refractivity contribution in [2.75, 3.05) is 0 Å². The SMILES string of the molecule is O=C(O)c1cccc(-c2ccc([N+](=O)[O-])cc2)c1C(=O)O. The van der Waals surface area contributed by atoms with Crippen molar-refractivity contribution in [2.24, 2.45) is 0 Å². The Morgan fingerprint density at radius 1 is 0.952 bits per heavy atom. The van der Waals surface area contributed by atoms with E-state index in [-0.39, 0.29) is 22.4 Å². The van der Waals surface area contributed by atoms with Crippen molar-refractivity contribution in [3.05, 3.63) is 63.7 Å². The van der Waals surface area contributed by atoms with E-state index in [4.69, 9.17) is 5.11 Å². The molecular weight excluding hydrogens is 278 g/mol. The van der Waals surface area contributed by atoms with Crippen LogP contribution in [0, 0.1) is 10.1 Å². The number of benzene rings is 2. The van der Waals surface area contributed by atoms with Gasteiger partial charge in [0.05, 0.1) is 16.1 Å². The summed E-state index contributed by atoms with van der Waals surface area (Å²) in [6.45, 7) is 0. The van der Waals surface area contributed by atoms with Gasteiger partial charge in [0.1, 0.15) is 0 Å². The quantitative estimate of drug-likeness (QED) is 0.659. The first kappa shape index (κ1) is 14.2. The standard InChI is InChI=1S/C14H9NO6/c16-13(17)11-3-1-2-10(12(11)14(18)19)8-4-6-9(7-5-8)15(20)21/h1-7H,(H,16,17)(H,18,19). The number of aromatic carboxylic acids is 2. The molecule has 2 aromatic carbocycles. The number of hydrogen-bond acceptors (Lipinski definition) is 4. The van der Waals surface area contributed by atoms with Gasteiger partial charge in [0.25, 0.3) is 5.69 Å². The van der Waals surface area contributed by atoms with Crippen LogP contribution >= 0.6 is 0 Å². The molecule has 0 unspecified atom stereocenters. The second kappa shape index (κ2) is 5.41. The fraction of sp³-hybridized carbons (Fsp3) is 0. The zero-order valence-electron chi connectivity index (χ0n) is 10.5. The maximum atomic E-state index is 11.3. The van der Waals surface area contributed by atoms with Crippen LogP contribution in [0.1, 0.15) is 20.7 Å². The molecule has 0 aliphatic rings. The molecule has 0 aromatic heterocycles. The number of carbonyl (C=O) groups is 2. The molecule has 2 aromatic rings. The number of nitrogens with zero attached hydrogens (tertiary/aromatic N) is 1. The van der Waals surface area contributed by atoms with Crippen molar-refractivity contribution < 1.29 is 24.7 Å². The van der Waals surface area contributed by atoms with Crippen LogP contribution in [0.15, 0.2) is 42.5 Å². The lowest BCUT2D eigenvalue weighted by Gasteiger charge is -2.09. The zero-order valence-corrected chi connectivity index (χ0v) is 10.5. The lowest BCUT2D eigenvalue weighted by Crippen LogP contribution is -2.09. The molecule has 106 valence electrons. The Hall–Kier alpha value is -3.22. The zero-order chi connectivity index (χ0) is 15.6. The van der Waals surface area contributed by atoms with Crippen LogP contribution in [0.4, 0.5) is 5.69 Å². The summed E-state index contributed by atoms with van der Waals surface area (Å²) in [6.07, 6.45) is 0. The van der Waals surface area contributed by atoms with Crippen LogP contribution in [0.2, 0.25) is 0 Å². The minimum absolute atomic E-state index is 0.134. The first-order valence-corrected chi connectivity index (χ1v) is 5.76. The van der Waals surface area contributed by atoms with Crippen molar-refractivity contribution in [1.82, 2.24) is 0 Å². The van der Waals surface area contributed by atoms with E-state index in [2.05, 4.69) is 0 Å². The van der Waals surface area contributed by atoms with Crippen molar-refractivity contribution in [1.29, 1.82) is 0 Å². The largest absolute Gasteiger partial charge is 0.478 e. The van der Waals surface area contributed by atoms with Crippen LogP contribution < -0.4 is 0 Å². The summed E-state index contributed by atoms with van der Waals surface area (Å²) >= 11 is 0. The summed E-state index contributed by atoms with van der Waals surface area (Å²) in [4.78, 5) is 32.5. The second-order valence-electron chi connectivity index (χ2n) is 4.14. The van der Waals surface area contributed by atoms with Gasteiger partial charge in [-0.1, -0.05) is 12.1 Å². The number of rotatable bonds is 4. The molecule has 0 aliphatic heterocycles. The predicted molar refractivity (Wildman–Crippen MR) is 72.5 cm³/mol. The van der Waals surface area contributed by atoms with Crippen LogP contribution in [0.25, 0.3) is 11.1 Å². The molecule has 0 saturated carbocycles. The Morgan fingerprint density at radius 3 is 2.05 bits per heavy atom. The van der Waals surface area contributed by atoms with Gasteiger partial charge in [-0.2, -0.15) is 0 Å². The van der Waals surface area contributed by atoms with E-state index in [9.17, 15) is 24.8 Å². The molecular formula is C14H9NO6. The molecule has 2 rings (SSSR count). The molecule has 7 nitrogen and oxygen atoms in total. The molecule has 0 amide bonds. The van der Waals surface area contributed by atoms with E-state index in [0.29, 0.717) is 5.56 Å². The highest BCUT2D eigenvalue weighted by Gasteiger charge is 2.21. The van der Waals surface area contributed by atoms with Gasteiger partial charge in [0.15, 0.2) is 0 Å². The minimum Gasteiger partial charge on any atom is -0.478 e. The van der Waals surface area contributed by atoms with Crippen LogP contribution in [-0.2, 0) is 0 Å². The third-order valence-electron chi connectivity index (χ3n) is 2.90. The van der Waals surface area contributed by atoms with Crippen molar-refractivity contribution in [3.63, 3.8) is 0 Å². The molecule has 0 aliphatic carbocycles. The minimum atomic E-state index is -1.37. The Balaban J connectivity index is 2.63. The van der Waals surface area contributed by atoms with Crippen molar-refractivity contribution in [2.45, 2.75) is 0 Å². The van der Waals surface area contributed by atoms with Gasteiger partial charge in [-0.3, -0.25) is 10.1 Å². The van der Waals surface area contributed by atoms with E-state index >= 15 is 0 Å². The topological polar surface area (TPSA) is 118 Å². The normalized spacial score (nSPS) is 10.1.